The average Bonchev–Trinajstić information content (AvgIpc) is 2.77. The molecule has 0 spiro atoms. The summed E-state index contributed by atoms with van der Waals surface area (Å²) in [5.41, 5.74) is -0.614. The van der Waals surface area contributed by atoms with Crippen LogP contribution in [-0.4, -0.2) is 60.8 Å². The van der Waals surface area contributed by atoms with E-state index in [4.69, 9.17) is 10.5 Å². The topological polar surface area (TPSA) is 75.3 Å². The van der Waals surface area contributed by atoms with Gasteiger partial charge in [-0.05, 0) is 24.3 Å². The van der Waals surface area contributed by atoms with E-state index < -0.39 is 30.0 Å². The molecular weight excluding hydrogens is 311 g/mol. The highest BCUT2D eigenvalue weighted by atomic mass is 19.4. The van der Waals surface area contributed by atoms with Gasteiger partial charge in [0.25, 0.3) is 0 Å². The van der Waals surface area contributed by atoms with Crippen LogP contribution in [0.25, 0.3) is 0 Å². The lowest BCUT2D eigenvalue weighted by atomic mass is 10.2. The number of hydrogen-bond acceptors (Lipinski definition) is 5. The van der Waals surface area contributed by atoms with Crippen molar-refractivity contribution >= 4 is 28.6 Å². The summed E-state index contributed by atoms with van der Waals surface area (Å²) in [6, 6.07) is 6.57. The quantitative estimate of drug-likeness (QED) is 0.888. The largest absolute Gasteiger partial charge is 0.437 e. The number of hydrazone groups is 1. The van der Waals surface area contributed by atoms with Crippen molar-refractivity contribution in [2.75, 3.05) is 32.1 Å². The third kappa shape index (κ3) is 3.67. The molecule has 0 aliphatic carbocycles. The first kappa shape index (κ1) is 16.9. The van der Waals surface area contributed by atoms with Crippen LogP contribution in [-0.2, 0) is 0 Å². The van der Waals surface area contributed by atoms with E-state index in [-0.39, 0.29) is 12.2 Å². The SMILES string of the molecule is CN(C)c1ccc(N=C2C(=N)N(CCO)N=C2C(F)(F)F)cc1. The van der Waals surface area contributed by atoms with Crippen LogP contribution in [0.15, 0.2) is 34.4 Å². The van der Waals surface area contributed by atoms with Gasteiger partial charge in [0.2, 0.25) is 0 Å². The summed E-state index contributed by atoms with van der Waals surface area (Å²) in [7, 11) is 3.68. The molecule has 23 heavy (non-hydrogen) atoms. The van der Waals surface area contributed by atoms with Gasteiger partial charge < -0.3 is 10.0 Å². The lowest BCUT2D eigenvalue weighted by Gasteiger charge is -2.12. The summed E-state index contributed by atoms with van der Waals surface area (Å²) in [4.78, 5) is 5.77. The molecule has 1 aliphatic rings. The maximum atomic E-state index is 13.1. The number of rotatable bonds is 4. The van der Waals surface area contributed by atoms with E-state index in [2.05, 4.69) is 10.1 Å². The second kappa shape index (κ2) is 6.37. The molecule has 0 fully saturated rings. The van der Waals surface area contributed by atoms with Gasteiger partial charge in [-0.25, -0.2) is 10.0 Å². The molecule has 1 heterocycles. The first-order valence-corrected chi connectivity index (χ1v) is 6.73. The molecule has 1 aromatic carbocycles. The molecule has 0 atom stereocenters. The number of nitrogens with zero attached hydrogens (tertiary/aromatic N) is 4. The van der Waals surface area contributed by atoms with Crippen LogP contribution in [0.3, 0.4) is 0 Å². The van der Waals surface area contributed by atoms with Crippen LogP contribution in [0, 0.1) is 5.41 Å². The molecule has 0 aromatic heterocycles. The van der Waals surface area contributed by atoms with Gasteiger partial charge in [0.1, 0.15) is 5.71 Å². The molecular formula is C14H16F3N5O. The Balaban J connectivity index is 2.38. The molecule has 1 aliphatic heterocycles. The number of aliphatic hydroxyl groups excluding tert-OH is 1. The van der Waals surface area contributed by atoms with Crippen molar-refractivity contribution in [3.05, 3.63) is 24.3 Å². The van der Waals surface area contributed by atoms with Crippen LogP contribution in [0.2, 0.25) is 0 Å². The van der Waals surface area contributed by atoms with Gasteiger partial charge in [-0.1, -0.05) is 0 Å². The third-order valence-corrected chi connectivity index (χ3v) is 3.11. The van der Waals surface area contributed by atoms with Crippen LogP contribution < -0.4 is 4.90 Å². The van der Waals surface area contributed by atoms with Gasteiger partial charge in [-0.3, -0.25) is 5.41 Å². The Labute approximate surface area is 131 Å². The predicted molar refractivity (Wildman–Crippen MR) is 82.9 cm³/mol. The molecule has 1 aromatic rings. The van der Waals surface area contributed by atoms with Crippen molar-refractivity contribution < 1.29 is 18.3 Å². The Morgan fingerprint density at radius 2 is 1.87 bits per heavy atom. The van der Waals surface area contributed by atoms with Gasteiger partial charge in [0.05, 0.1) is 18.8 Å². The number of amidine groups is 1. The van der Waals surface area contributed by atoms with E-state index in [1.807, 2.05) is 19.0 Å². The number of halogens is 3. The normalized spacial score (nSPS) is 17.0. The van der Waals surface area contributed by atoms with Crippen LogP contribution in [0.4, 0.5) is 24.5 Å². The summed E-state index contributed by atoms with van der Waals surface area (Å²) in [5.74, 6) is -0.483. The van der Waals surface area contributed by atoms with Gasteiger partial charge >= 0.3 is 6.18 Å². The zero-order valence-corrected chi connectivity index (χ0v) is 12.6. The molecule has 2 N–H and O–H groups in total. The Morgan fingerprint density at radius 3 is 2.35 bits per heavy atom. The summed E-state index contributed by atoms with van der Waals surface area (Å²) < 4.78 is 39.2. The highest BCUT2D eigenvalue weighted by molar-refractivity contribution is 6.70. The molecule has 0 radical (unpaired) electrons. The molecule has 0 amide bonds. The first-order valence-electron chi connectivity index (χ1n) is 6.73. The predicted octanol–water partition coefficient (Wildman–Crippen LogP) is 2.03. The summed E-state index contributed by atoms with van der Waals surface area (Å²) in [6.45, 7) is -0.612. The monoisotopic (exact) mass is 327 g/mol. The number of anilines is 1. The number of benzene rings is 1. The molecule has 124 valence electrons. The van der Waals surface area contributed by atoms with Crippen molar-refractivity contribution in [3.8, 4) is 0 Å². The highest BCUT2D eigenvalue weighted by Gasteiger charge is 2.46. The Hall–Kier alpha value is -2.42. The van der Waals surface area contributed by atoms with E-state index in [9.17, 15) is 13.2 Å². The molecule has 0 unspecified atom stereocenters. The first-order chi connectivity index (χ1) is 10.7. The van der Waals surface area contributed by atoms with Crippen LogP contribution in [0.1, 0.15) is 0 Å². The minimum absolute atomic E-state index is 0.197. The van der Waals surface area contributed by atoms with Crippen molar-refractivity contribution in [2.45, 2.75) is 6.18 Å². The Kier molecular flexibility index (Phi) is 4.69. The van der Waals surface area contributed by atoms with Gasteiger partial charge in [0, 0.05) is 19.8 Å². The van der Waals surface area contributed by atoms with Crippen molar-refractivity contribution in [1.82, 2.24) is 5.01 Å². The van der Waals surface area contributed by atoms with Gasteiger partial charge in [-0.2, -0.15) is 18.3 Å². The Bertz CT molecular complexity index is 649. The lowest BCUT2D eigenvalue weighted by Crippen LogP contribution is -2.33. The standard InChI is InChI=1S/C14H16F3N5O/c1-21(2)10-5-3-9(4-6-10)19-11-12(14(15,16)17)20-22(7-8-23)13(11)18/h3-6,18,23H,7-8H2,1-2H3. The molecule has 2 rings (SSSR count). The zero-order valence-electron chi connectivity index (χ0n) is 12.6. The zero-order chi connectivity index (χ0) is 17.2. The van der Waals surface area contributed by atoms with E-state index in [0.29, 0.717) is 0 Å². The maximum absolute atomic E-state index is 13.1. The van der Waals surface area contributed by atoms with E-state index in [1.165, 1.54) is 0 Å². The average molecular weight is 327 g/mol. The number of alkyl halides is 3. The van der Waals surface area contributed by atoms with E-state index in [1.54, 1.807) is 24.3 Å². The fourth-order valence-corrected chi connectivity index (χ4v) is 1.96. The molecule has 6 nitrogen and oxygen atoms in total. The number of hydrogen-bond donors (Lipinski definition) is 2. The molecule has 0 saturated carbocycles. The van der Waals surface area contributed by atoms with Crippen LogP contribution in [0.5, 0.6) is 0 Å². The minimum atomic E-state index is -4.72. The summed E-state index contributed by atoms with van der Waals surface area (Å²) >= 11 is 0. The summed E-state index contributed by atoms with van der Waals surface area (Å²) in [5, 5.41) is 20.8. The number of nitrogens with one attached hydrogen (secondary N) is 1. The second-order valence-electron chi connectivity index (χ2n) is 5.01. The fraction of sp³-hybridized carbons (Fsp3) is 0.357. The van der Waals surface area contributed by atoms with E-state index in [0.717, 1.165) is 10.7 Å². The lowest BCUT2D eigenvalue weighted by molar-refractivity contribution is -0.0571. The molecule has 9 heteroatoms. The van der Waals surface area contributed by atoms with E-state index >= 15 is 0 Å². The number of aliphatic hydroxyl groups is 1. The maximum Gasteiger partial charge on any atom is 0.437 e. The third-order valence-electron chi connectivity index (χ3n) is 3.11. The van der Waals surface area contributed by atoms with Crippen molar-refractivity contribution in [3.63, 3.8) is 0 Å². The second-order valence-corrected chi connectivity index (χ2v) is 5.01. The van der Waals surface area contributed by atoms with Gasteiger partial charge in [0.15, 0.2) is 11.5 Å². The fourth-order valence-electron chi connectivity index (χ4n) is 1.96. The Morgan fingerprint density at radius 1 is 1.26 bits per heavy atom. The number of aliphatic imine (C=N–C) groups is 1. The van der Waals surface area contributed by atoms with Crippen molar-refractivity contribution in [1.29, 1.82) is 5.41 Å². The highest BCUT2D eigenvalue weighted by Crippen LogP contribution is 2.26. The minimum Gasteiger partial charge on any atom is -0.394 e. The summed E-state index contributed by atoms with van der Waals surface area (Å²) in [6.07, 6.45) is -4.72. The van der Waals surface area contributed by atoms with Gasteiger partial charge in [-0.15, -0.1) is 0 Å². The molecule has 0 saturated heterocycles. The van der Waals surface area contributed by atoms with Crippen molar-refractivity contribution in [2.24, 2.45) is 10.1 Å². The van der Waals surface area contributed by atoms with Crippen LogP contribution >= 0.6 is 0 Å². The number of β-amino-alcohol motifs (C(OH)–C–C–N with tert-alkyl or cyclic N) is 1. The smallest absolute Gasteiger partial charge is 0.394 e. The molecule has 0 bridgehead atoms.